The van der Waals surface area contributed by atoms with Gasteiger partial charge in [-0.25, -0.2) is 8.42 Å². The van der Waals surface area contributed by atoms with Gasteiger partial charge in [0.05, 0.1) is 4.90 Å². The second-order valence-corrected chi connectivity index (χ2v) is 7.98. The molecule has 0 N–H and O–H groups in total. The zero-order valence-corrected chi connectivity index (χ0v) is 14.2. The van der Waals surface area contributed by atoms with Crippen LogP contribution in [0, 0.1) is 0 Å². The van der Waals surface area contributed by atoms with Crippen LogP contribution in [0.15, 0.2) is 39.8 Å². The Bertz CT molecular complexity index is 756. The van der Waals surface area contributed by atoms with Crippen molar-refractivity contribution in [1.29, 1.82) is 0 Å². The molecule has 0 aliphatic carbocycles. The Kier molecular flexibility index (Phi) is 4.50. The van der Waals surface area contributed by atoms with E-state index in [0.29, 0.717) is 29.6 Å². The van der Waals surface area contributed by atoms with Gasteiger partial charge in [0.15, 0.2) is 5.82 Å². The lowest BCUT2D eigenvalue weighted by Gasteiger charge is -2.32. The summed E-state index contributed by atoms with van der Waals surface area (Å²) in [4.78, 5) is 4.71. The van der Waals surface area contributed by atoms with E-state index in [1.165, 1.54) is 4.31 Å². The van der Waals surface area contributed by atoms with Gasteiger partial charge in [-0.3, -0.25) is 0 Å². The van der Waals surface area contributed by atoms with Crippen LogP contribution < -0.4 is 0 Å². The third-order valence-electron chi connectivity index (χ3n) is 4.06. The Morgan fingerprint density at radius 2 is 1.96 bits per heavy atom. The molecule has 1 aliphatic heterocycles. The number of hydrogen-bond acceptors (Lipinski definition) is 5. The molecule has 1 aliphatic rings. The fourth-order valence-electron chi connectivity index (χ4n) is 2.78. The van der Waals surface area contributed by atoms with Crippen molar-refractivity contribution in [3.63, 3.8) is 0 Å². The summed E-state index contributed by atoms with van der Waals surface area (Å²) in [6, 6.07) is 8.13. The van der Waals surface area contributed by atoms with E-state index >= 15 is 0 Å². The highest BCUT2D eigenvalue weighted by Gasteiger charge is 2.37. The lowest BCUT2D eigenvalue weighted by atomic mass is 10.1. The highest BCUT2D eigenvalue weighted by molar-refractivity contribution is 7.89. The van der Waals surface area contributed by atoms with Crippen molar-refractivity contribution in [2.24, 2.45) is 0 Å². The zero-order chi connectivity index (χ0) is 16.4. The summed E-state index contributed by atoms with van der Waals surface area (Å²) < 4.78 is 32.8. The molecule has 3 rings (SSSR count). The number of aromatic nitrogens is 2. The SMILES string of the molecule is CC(C)c1noc([C@@H]2CCCCN2S(=O)(=O)c2ccccc2)n1. The second kappa shape index (κ2) is 6.41. The maximum atomic E-state index is 12.9. The zero-order valence-electron chi connectivity index (χ0n) is 13.3. The maximum Gasteiger partial charge on any atom is 0.245 e. The summed E-state index contributed by atoms with van der Waals surface area (Å²) >= 11 is 0. The van der Waals surface area contributed by atoms with Crippen LogP contribution in [-0.4, -0.2) is 29.4 Å². The molecular weight excluding hydrogens is 314 g/mol. The average molecular weight is 335 g/mol. The van der Waals surface area contributed by atoms with Crippen LogP contribution >= 0.6 is 0 Å². The Labute approximate surface area is 136 Å². The van der Waals surface area contributed by atoms with Crippen molar-refractivity contribution in [2.75, 3.05) is 6.54 Å². The monoisotopic (exact) mass is 335 g/mol. The van der Waals surface area contributed by atoms with Gasteiger partial charge < -0.3 is 4.52 Å². The van der Waals surface area contributed by atoms with Crippen molar-refractivity contribution in [3.05, 3.63) is 42.0 Å². The van der Waals surface area contributed by atoms with Gasteiger partial charge >= 0.3 is 0 Å². The fourth-order valence-corrected chi connectivity index (χ4v) is 4.46. The van der Waals surface area contributed by atoms with E-state index in [9.17, 15) is 8.42 Å². The molecule has 2 heterocycles. The molecule has 1 saturated heterocycles. The van der Waals surface area contributed by atoms with E-state index in [2.05, 4.69) is 10.1 Å². The molecule has 6 nitrogen and oxygen atoms in total. The standard InChI is InChI=1S/C16H21N3O3S/c1-12(2)15-17-16(22-18-15)14-10-6-7-11-19(14)23(20,21)13-8-4-3-5-9-13/h3-5,8-9,12,14H,6-7,10-11H2,1-2H3/t14-/m0/s1. The van der Waals surface area contributed by atoms with E-state index in [-0.39, 0.29) is 12.0 Å². The van der Waals surface area contributed by atoms with Crippen LogP contribution in [0.5, 0.6) is 0 Å². The molecule has 0 spiro atoms. The Morgan fingerprint density at radius 1 is 1.22 bits per heavy atom. The smallest absolute Gasteiger partial charge is 0.245 e. The Hall–Kier alpha value is -1.73. The largest absolute Gasteiger partial charge is 0.338 e. The molecule has 1 aromatic carbocycles. The van der Waals surface area contributed by atoms with Crippen LogP contribution in [-0.2, 0) is 10.0 Å². The molecule has 0 amide bonds. The average Bonchev–Trinajstić information content (AvgIpc) is 3.06. The van der Waals surface area contributed by atoms with Crippen molar-refractivity contribution >= 4 is 10.0 Å². The third kappa shape index (κ3) is 3.16. The van der Waals surface area contributed by atoms with Crippen molar-refractivity contribution in [1.82, 2.24) is 14.4 Å². The molecule has 2 aromatic rings. The number of sulfonamides is 1. The van der Waals surface area contributed by atoms with Gasteiger partial charge in [0.25, 0.3) is 0 Å². The van der Waals surface area contributed by atoms with Gasteiger partial charge in [0.1, 0.15) is 6.04 Å². The molecule has 1 aromatic heterocycles. The number of hydrogen-bond donors (Lipinski definition) is 0. The first kappa shape index (κ1) is 16.1. The lowest BCUT2D eigenvalue weighted by molar-refractivity contribution is 0.204. The van der Waals surface area contributed by atoms with Crippen molar-refractivity contribution < 1.29 is 12.9 Å². The number of nitrogens with zero attached hydrogens (tertiary/aromatic N) is 3. The maximum absolute atomic E-state index is 12.9. The summed E-state index contributed by atoms with van der Waals surface area (Å²) in [6.45, 7) is 4.43. The quantitative estimate of drug-likeness (QED) is 0.858. The highest BCUT2D eigenvalue weighted by atomic mass is 32.2. The molecule has 0 radical (unpaired) electrons. The van der Waals surface area contributed by atoms with Crippen molar-refractivity contribution in [2.45, 2.75) is 50.0 Å². The normalized spacial score (nSPS) is 20.0. The predicted octanol–water partition coefficient (Wildman–Crippen LogP) is 3.11. The first-order valence-corrected chi connectivity index (χ1v) is 9.34. The summed E-state index contributed by atoms with van der Waals surface area (Å²) in [5.74, 6) is 1.16. The number of piperidine rings is 1. The molecule has 23 heavy (non-hydrogen) atoms. The molecule has 0 bridgehead atoms. The second-order valence-electron chi connectivity index (χ2n) is 6.09. The van der Waals surface area contributed by atoms with Crippen molar-refractivity contribution in [3.8, 4) is 0 Å². The Balaban J connectivity index is 1.95. The van der Waals surface area contributed by atoms with E-state index < -0.39 is 10.0 Å². The van der Waals surface area contributed by atoms with Gasteiger partial charge in [-0.1, -0.05) is 43.6 Å². The minimum absolute atomic E-state index is 0.148. The first-order valence-electron chi connectivity index (χ1n) is 7.90. The molecule has 124 valence electrons. The van der Waals surface area contributed by atoms with E-state index in [0.717, 1.165) is 12.8 Å². The van der Waals surface area contributed by atoms with Gasteiger partial charge in [0, 0.05) is 12.5 Å². The number of benzene rings is 1. The molecule has 0 saturated carbocycles. The molecule has 1 atom stereocenters. The Morgan fingerprint density at radius 3 is 2.61 bits per heavy atom. The van der Waals surface area contributed by atoms with Crippen LogP contribution in [0.1, 0.15) is 56.8 Å². The molecule has 0 unspecified atom stereocenters. The van der Waals surface area contributed by atoms with Gasteiger partial charge in [0.2, 0.25) is 15.9 Å². The third-order valence-corrected chi connectivity index (χ3v) is 5.98. The molecular formula is C16H21N3O3S. The van der Waals surface area contributed by atoms with Gasteiger partial charge in [-0.05, 0) is 25.0 Å². The summed E-state index contributed by atoms with van der Waals surface area (Å²) in [5, 5.41) is 3.97. The van der Waals surface area contributed by atoms with Crippen LogP contribution in [0.3, 0.4) is 0 Å². The molecule has 7 heteroatoms. The summed E-state index contributed by atoms with van der Waals surface area (Å²) in [6.07, 6.45) is 2.49. The minimum Gasteiger partial charge on any atom is -0.338 e. The van der Waals surface area contributed by atoms with Crippen LogP contribution in [0.4, 0.5) is 0 Å². The summed E-state index contributed by atoms with van der Waals surface area (Å²) in [7, 11) is -3.56. The lowest BCUT2D eigenvalue weighted by Crippen LogP contribution is -2.38. The van der Waals surface area contributed by atoms with E-state index in [4.69, 9.17) is 4.52 Å². The van der Waals surface area contributed by atoms with Crippen LogP contribution in [0.2, 0.25) is 0 Å². The predicted molar refractivity (Wildman–Crippen MR) is 85.3 cm³/mol. The topological polar surface area (TPSA) is 76.3 Å². The van der Waals surface area contributed by atoms with E-state index in [1.54, 1.807) is 30.3 Å². The van der Waals surface area contributed by atoms with E-state index in [1.807, 2.05) is 13.8 Å². The highest BCUT2D eigenvalue weighted by Crippen LogP contribution is 2.35. The minimum atomic E-state index is -3.56. The molecule has 1 fully saturated rings. The summed E-state index contributed by atoms with van der Waals surface area (Å²) in [5.41, 5.74) is 0. The van der Waals surface area contributed by atoms with Gasteiger partial charge in [-0.2, -0.15) is 9.29 Å². The van der Waals surface area contributed by atoms with Gasteiger partial charge in [-0.15, -0.1) is 0 Å². The fraction of sp³-hybridized carbons (Fsp3) is 0.500. The first-order chi connectivity index (χ1) is 11.0. The van der Waals surface area contributed by atoms with Crippen LogP contribution in [0.25, 0.3) is 0 Å². The number of rotatable bonds is 4.